The van der Waals surface area contributed by atoms with Crippen molar-refractivity contribution in [2.45, 2.75) is 52.0 Å². The van der Waals surface area contributed by atoms with E-state index in [1.54, 1.807) is 0 Å². The van der Waals surface area contributed by atoms with E-state index in [1.165, 1.54) is 35.3 Å². The molecule has 0 saturated carbocycles. The van der Waals surface area contributed by atoms with Gasteiger partial charge in [0.25, 0.3) is 0 Å². The second kappa shape index (κ2) is 5.57. The van der Waals surface area contributed by atoms with Crippen molar-refractivity contribution in [3.05, 3.63) is 29.6 Å². The highest BCUT2D eigenvalue weighted by atomic mass is 15.1. The van der Waals surface area contributed by atoms with Gasteiger partial charge in [-0.05, 0) is 57.4 Å². The summed E-state index contributed by atoms with van der Waals surface area (Å²) in [6.07, 6.45) is 3.58. The maximum Gasteiger partial charge on any atom is 0.114 e. The van der Waals surface area contributed by atoms with E-state index >= 15 is 0 Å². The lowest BCUT2D eigenvalue weighted by molar-refractivity contribution is 0.425. The molecule has 0 aliphatic carbocycles. The third-order valence-electron chi connectivity index (χ3n) is 4.37. The number of benzene rings is 1. The molecule has 1 unspecified atom stereocenters. The third-order valence-corrected chi connectivity index (χ3v) is 4.37. The van der Waals surface area contributed by atoms with Gasteiger partial charge in [0.15, 0.2) is 0 Å². The number of nitrogens with zero attached hydrogens (tertiary/aromatic N) is 2. The third kappa shape index (κ3) is 2.35. The molecule has 0 radical (unpaired) electrons. The molecular weight excluding hydrogens is 246 g/mol. The Bertz CT molecular complexity index is 592. The van der Waals surface area contributed by atoms with Crippen LogP contribution in [0, 0.1) is 0 Å². The summed E-state index contributed by atoms with van der Waals surface area (Å²) in [7, 11) is 0. The van der Waals surface area contributed by atoms with E-state index in [1.807, 2.05) is 0 Å². The van der Waals surface area contributed by atoms with Crippen LogP contribution in [0.5, 0.6) is 0 Å². The molecule has 0 amide bonds. The van der Waals surface area contributed by atoms with Crippen LogP contribution in [0.25, 0.3) is 11.0 Å². The molecule has 1 fully saturated rings. The van der Waals surface area contributed by atoms with Crippen molar-refractivity contribution >= 4 is 11.0 Å². The summed E-state index contributed by atoms with van der Waals surface area (Å²) in [4.78, 5) is 4.99. The number of imidazole rings is 1. The lowest BCUT2D eigenvalue weighted by Gasteiger charge is -2.24. The van der Waals surface area contributed by atoms with E-state index in [2.05, 4.69) is 48.9 Å². The molecule has 0 bridgehead atoms. The maximum atomic E-state index is 4.99. The van der Waals surface area contributed by atoms with E-state index in [0.717, 1.165) is 19.5 Å². The smallest absolute Gasteiger partial charge is 0.114 e. The van der Waals surface area contributed by atoms with Gasteiger partial charge >= 0.3 is 0 Å². The van der Waals surface area contributed by atoms with Gasteiger partial charge < -0.3 is 9.88 Å². The number of aromatic nitrogens is 2. The second-order valence-electron chi connectivity index (χ2n) is 6.15. The van der Waals surface area contributed by atoms with E-state index in [4.69, 9.17) is 4.98 Å². The van der Waals surface area contributed by atoms with Gasteiger partial charge in [0.1, 0.15) is 5.82 Å². The number of aryl methyl sites for hydroxylation is 1. The first-order valence-corrected chi connectivity index (χ1v) is 7.92. The molecule has 3 nitrogen and oxygen atoms in total. The Morgan fingerprint density at radius 3 is 2.90 bits per heavy atom. The zero-order valence-corrected chi connectivity index (χ0v) is 12.8. The Balaban J connectivity index is 2.11. The van der Waals surface area contributed by atoms with Gasteiger partial charge in [-0.2, -0.15) is 0 Å². The molecule has 1 aromatic carbocycles. The molecule has 1 aliphatic heterocycles. The minimum Gasteiger partial charge on any atom is -0.325 e. The van der Waals surface area contributed by atoms with Crippen molar-refractivity contribution < 1.29 is 0 Å². The van der Waals surface area contributed by atoms with Gasteiger partial charge in [-0.15, -0.1) is 0 Å². The largest absolute Gasteiger partial charge is 0.325 e. The van der Waals surface area contributed by atoms with Crippen molar-refractivity contribution in [1.82, 2.24) is 14.9 Å². The average Bonchev–Trinajstić information content (AvgIpc) is 2.86. The van der Waals surface area contributed by atoms with E-state index in [0.29, 0.717) is 12.0 Å². The predicted molar refractivity (Wildman–Crippen MR) is 84.3 cm³/mol. The van der Waals surface area contributed by atoms with Gasteiger partial charge in [0.05, 0.1) is 11.0 Å². The van der Waals surface area contributed by atoms with Crippen LogP contribution >= 0.6 is 0 Å². The summed E-state index contributed by atoms with van der Waals surface area (Å²) in [5, 5.41) is 3.51. The molecule has 1 aromatic heterocycles. The first-order chi connectivity index (χ1) is 9.70. The summed E-state index contributed by atoms with van der Waals surface area (Å²) in [6.45, 7) is 8.94. The van der Waals surface area contributed by atoms with Crippen LogP contribution in [0.15, 0.2) is 18.2 Å². The lowest BCUT2D eigenvalue weighted by Crippen LogP contribution is -2.30. The first-order valence-electron chi connectivity index (χ1n) is 7.92. The maximum absolute atomic E-state index is 4.99. The van der Waals surface area contributed by atoms with Crippen LogP contribution in [-0.2, 0) is 6.42 Å². The van der Waals surface area contributed by atoms with Crippen LogP contribution in [0.1, 0.15) is 57.0 Å². The topological polar surface area (TPSA) is 29.9 Å². The quantitative estimate of drug-likeness (QED) is 0.923. The zero-order valence-electron chi connectivity index (χ0n) is 12.8. The highest BCUT2D eigenvalue weighted by molar-refractivity contribution is 5.77. The van der Waals surface area contributed by atoms with Crippen molar-refractivity contribution in [2.75, 3.05) is 13.1 Å². The molecule has 1 aliphatic rings. The summed E-state index contributed by atoms with van der Waals surface area (Å²) in [6, 6.07) is 7.21. The second-order valence-corrected chi connectivity index (χ2v) is 6.15. The number of nitrogens with one attached hydrogen (secondary N) is 1. The number of fused-ring (bicyclic) bond motifs is 1. The highest BCUT2D eigenvalue weighted by Gasteiger charge is 2.23. The fourth-order valence-electron chi connectivity index (χ4n) is 3.29. The molecule has 3 rings (SSSR count). The molecule has 1 saturated heterocycles. The molecule has 3 heteroatoms. The monoisotopic (exact) mass is 271 g/mol. The van der Waals surface area contributed by atoms with Crippen molar-refractivity contribution in [3.8, 4) is 0 Å². The summed E-state index contributed by atoms with van der Waals surface area (Å²) in [5.74, 6) is 1.83. The van der Waals surface area contributed by atoms with Crippen LogP contribution in [-0.4, -0.2) is 22.6 Å². The normalized spacial score (nSPS) is 19.9. The van der Waals surface area contributed by atoms with Crippen molar-refractivity contribution in [3.63, 3.8) is 0 Å². The fraction of sp³-hybridized carbons (Fsp3) is 0.588. The van der Waals surface area contributed by atoms with E-state index in [9.17, 15) is 0 Å². The molecule has 1 atom stereocenters. The minimum absolute atomic E-state index is 0.462. The zero-order chi connectivity index (χ0) is 14.1. The van der Waals surface area contributed by atoms with Crippen LogP contribution < -0.4 is 5.32 Å². The Morgan fingerprint density at radius 2 is 2.25 bits per heavy atom. The van der Waals surface area contributed by atoms with E-state index < -0.39 is 0 Å². The van der Waals surface area contributed by atoms with Crippen molar-refractivity contribution in [2.24, 2.45) is 0 Å². The average molecular weight is 271 g/mol. The van der Waals surface area contributed by atoms with Crippen LogP contribution in [0.3, 0.4) is 0 Å². The summed E-state index contributed by atoms with van der Waals surface area (Å²) >= 11 is 0. The van der Waals surface area contributed by atoms with Gasteiger partial charge in [0, 0.05) is 18.5 Å². The molecule has 2 heterocycles. The number of rotatable bonds is 3. The Labute approximate surface area is 121 Å². The Kier molecular flexibility index (Phi) is 3.79. The lowest BCUT2D eigenvalue weighted by atomic mass is 9.98. The predicted octanol–water partition coefficient (Wildman–Crippen LogP) is 3.65. The number of piperidine rings is 1. The highest BCUT2D eigenvalue weighted by Crippen LogP contribution is 2.30. The molecular formula is C17H25N3. The molecule has 1 N–H and O–H groups in total. The number of hydrogen-bond acceptors (Lipinski definition) is 2. The van der Waals surface area contributed by atoms with Gasteiger partial charge in [-0.1, -0.05) is 13.0 Å². The standard InChI is InChI=1S/C17H25N3/c1-4-13-7-8-16-15(10-13)19-17(20(16)12(2)3)14-6-5-9-18-11-14/h7-8,10,12,14,18H,4-6,9,11H2,1-3H3. The number of hydrogen-bond donors (Lipinski definition) is 1. The molecule has 2 aromatic rings. The molecule has 108 valence electrons. The van der Waals surface area contributed by atoms with Gasteiger partial charge in [-0.25, -0.2) is 4.98 Å². The van der Waals surface area contributed by atoms with Crippen LogP contribution in [0.2, 0.25) is 0 Å². The minimum atomic E-state index is 0.462. The SMILES string of the molecule is CCc1ccc2c(c1)nc(C1CCCNC1)n2C(C)C. The first kappa shape index (κ1) is 13.6. The van der Waals surface area contributed by atoms with E-state index in [-0.39, 0.29) is 0 Å². The van der Waals surface area contributed by atoms with Crippen molar-refractivity contribution in [1.29, 1.82) is 0 Å². The Hall–Kier alpha value is -1.35. The fourth-order valence-corrected chi connectivity index (χ4v) is 3.29. The summed E-state index contributed by atoms with van der Waals surface area (Å²) in [5.41, 5.74) is 3.83. The van der Waals surface area contributed by atoms with Crippen LogP contribution in [0.4, 0.5) is 0 Å². The molecule has 0 spiro atoms. The summed E-state index contributed by atoms with van der Waals surface area (Å²) < 4.78 is 2.44. The Morgan fingerprint density at radius 1 is 1.40 bits per heavy atom. The van der Waals surface area contributed by atoms with Gasteiger partial charge in [0.2, 0.25) is 0 Å². The van der Waals surface area contributed by atoms with Gasteiger partial charge in [-0.3, -0.25) is 0 Å². The molecule has 20 heavy (non-hydrogen) atoms.